The summed E-state index contributed by atoms with van der Waals surface area (Å²) in [5.74, 6) is -0.836. The number of methoxy groups -OCH3 is 1. The molecule has 0 spiro atoms. The maximum atomic E-state index is 12.3. The third kappa shape index (κ3) is 7.47. The van der Waals surface area contributed by atoms with E-state index in [0.717, 1.165) is 19.3 Å². The first kappa shape index (κ1) is 22.1. The highest BCUT2D eigenvalue weighted by molar-refractivity contribution is 6.07. The first-order chi connectivity index (χ1) is 12.8. The van der Waals surface area contributed by atoms with Gasteiger partial charge in [-0.2, -0.15) is 0 Å². The summed E-state index contributed by atoms with van der Waals surface area (Å²) in [6, 6.07) is 2.81. The molecule has 0 amide bonds. The summed E-state index contributed by atoms with van der Waals surface area (Å²) in [4.78, 5) is 35.3. The Kier molecular flexibility index (Phi) is 8.98. The van der Waals surface area contributed by atoms with Gasteiger partial charge in [-0.25, -0.2) is 0 Å². The van der Waals surface area contributed by atoms with Gasteiger partial charge in [-0.3, -0.25) is 19.7 Å². The van der Waals surface area contributed by atoms with E-state index in [2.05, 4.69) is 0 Å². The van der Waals surface area contributed by atoms with E-state index in [-0.39, 0.29) is 17.7 Å². The molecule has 148 valence electrons. The first-order valence-corrected chi connectivity index (χ1v) is 8.72. The highest BCUT2D eigenvalue weighted by Crippen LogP contribution is 2.30. The number of allylic oxidation sites excluding steroid dienone is 1. The Hall–Kier alpha value is -2.90. The molecule has 0 aliphatic carbocycles. The topological polar surface area (TPSA) is 110 Å². The van der Waals surface area contributed by atoms with Crippen molar-refractivity contribution >= 4 is 17.4 Å². The van der Waals surface area contributed by atoms with E-state index in [4.69, 9.17) is 9.84 Å². The van der Waals surface area contributed by atoms with Crippen molar-refractivity contribution < 1.29 is 24.4 Å². The lowest BCUT2D eigenvalue weighted by molar-refractivity contribution is -0.385. The molecule has 1 N–H and O–H groups in total. The fraction of sp³-hybridized carbons (Fsp3) is 0.474. The van der Waals surface area contributed by atoms with Gasteiger partial charge in [0.1, 0.15) is 11.3 Å². The van der Waals surface area contributed by atoms with E-state index < -0.39 is 16.7 Å². The summed E-state index contributed by atoms with van der Waals surface area (Å²) in [7, 11) is 4.96. The number of unbranched alkanes of at least 4 members (excludes halogenated alkanes) is 3. The molecule has 0 unspecified atom stereocenters. The molecular weight excluding hydrogens is 352 g/mol. The number of aryl methyl sites for hydroxylation is 1. The van der Waals surface area contributed by atoms with Gasteiger partial charge in [0.25, 0.3) is 5.69 Å². The highest BCUT2D eigenvalue weighted by atomic mass is 16.6. The minimum atomic E-state index is -0.809. The monoisotopic (exact) mass is 378 g/mol. The van der Waals surface area contributed by atoms with Crippen LogP contribution in [0.5, 0.6) is 5.75 Å². The zero-order chi connectivity index (χ0) is 20.4. The van der Waals surface area contributed by atoms with Crippen LogP contribution < -0.4 is 4.74 Å². The molecule has 0 aliphatic rings. The number of ketones is 1. The lowest BCUT2D eigenvalue weighted by atomic mass is 9.99. The molecule has 0 saturated heterocycles. The maximum Gasteiger partial charge on any atom is 0.303 e. The molecule has 1 aromatic rings. The average Bonchev–Trinajstić information content (AvgIpc) is 2.61. The van der Waals surface area contributed by atoms with Crippen molar-refractivity contribution in [1.29, 1.82) is 0 Å². The molecule has 0 aliphatic heterocycles. The molecule has 0 heterocycles. The van der Waals surface area contributed by atoms with E-state index in [1.54, 1.807) is 19.0 Å². The molecule has 0 fully saturated rings. The number of nitro benzene ring substituents is 1. The van der Waals surface area contributed by atoms with Gasteiger partial charge < -0.3 is 14.7 Å². The Balaban J connectivity index is 2.93. The van der Waals surface area contributed by atoms with Crippen LogP contribution in [-0.4, -0.2) is 47.9 Å². The van der Waals surface area contributed by atoms with Crippen molar-refractivity contribution in [2.45, 2.75) is 38.5 Å². The number of benzene rings is 1. The largest absolute Gasteiger partial charge is 0.496 e. The third-order valence-electron chi connectivity index (χ3n) is 3.97. The molecule has 1 rings (SSSR count). The Morgan fingerprint density at radius 1 is 1.22 bits per heavy atom. The van der Waals surface area contributed by atoms with Crippen molar-refractivity contribution in [3.63, 3.8) is 0 Å². The van der Waals surface area contributed by atoms with Crippen molar-refractivity contribution in [2.24, 2.45) is 0 Å². The Labute approximate surface area is 158 Å². The van der Waals surface area contributed by atoms with Crippen LogP contribution in [0.2, 0.25) is 0 Å². The fourth-order valence-corrected chi connectivity index (χ4v) is 2.60. The minimum absolute atomic E-state index is 0.0137. The zero-order valence-corrected chi connectivity index (χ0v) is 15.9. The van der Waals surface area contributed by atoms with Crippen molar-refractivity contribution in [3.8, 4) is 5.75 Å². The van der Waals surface area contributed by atoms with E-state index in [9.17, 15) is 19.7 Å². The van der Waals surface area contributed by atoms with E-state index in [1.165, 1.54) is 31.5 Å². The molecule has 27 heavy (non-hydrogen) atoms. The standard InChI is InChI=1S/C19H26N2O6/c1-20(2)11-10-17(22)15-13-18(27-3)14(12-16(15)21(25)26)8-6-4-5-7-9-19(23)24/h10-13H,4-9H2,1-3H3,(H,23,24). The van der Waals surface area contributed by atoms with E-state index in [0.29, 0.717) is 24.2 Å². The quantitative estimate of drug-likeness (QED) is 0.195. The van der Waals surface area contributed by atoms with Crippen LogP contribution in [0.3, 0.4) is 0 Å². The molecule has 0 bridgehead atoms. The summed E-state index contributed by atoms with van der Waals surface area (Å²) < 4.78 is 5.32. The number of nitrogens with zero attached hydrogens (tertiary/aromatic N) is 2. The summed E-state index contributed by atoms with van der Waals surface area (Å²) >= 11 is 0. The summed E-state index contributed by atoms with van der Waals surface area (Å²) in [5, 5.41) is 20.0. The van der Waals surface area contributed by atoms with Gasteiger partial charge in [0.2, 0.25) is 0 Å². The number of aliphatic carboxylic acids is 1. The van der Waals surface area contributed by atoms with Crippen LogP contribution in [0, 0.1) is 10.1 Å². The minimum Gasteiger partial charge on any atom is -0.496 e. The summed E-state index contributed by atoms with van der Waals surface area (Å²) in [6.07, 6.45) is 6.47. The van der Waals surface area contributed by atoms with Crippen molar-refractivity contribution in [1.82, 2.24) is 4.90 Å². The Bertz CT molecular complexity index is 712. The summed E-state index contributed by atoms with van der Waals surface area (Å²) in [6.45, 7) is 0. The first-order valence-electron chi connectivity index (χ1n) is 8.72. The molecule has 8 nitrogen and oxygen atoms in total. The molecule has 8 heteroatoms. The SMILES string of the molecule is COc1cc(C(=O)C=CN(C)C)c([N+](=O)[O-])cc1CCCCCCC(=O)O. The van der Waals surface area contributed by atoms with Gasteiger partial charge in [-0.1, -0.05) is 12.8 Å². The van der Waals surface area contributed by atoms with Crippen molar-refractivity contribution in [2.75, 3.05) is 21.2 Å². The second-order valence-electron chi connectivity index (χ2n) is 6.39. The number of nitro groups is 1. The Morgan fingerprint density at radius 3 is 2.44 bits per heavy atom. The highest BCUT2D eigenvalue weighted by Gasteiger charge is 2.22. The Morgan fingerprint density at radius 2 is 1.89 bits per heavy atom. The van der Waals surface area contributed by atoms with Crippen molar-refractivity contribution in [3.05, 3.63) is 45.6 Å². The second kappa shape index (κ2) is 10.9. The number of carbonyl (C=O) groups is 2. The predicted molar refractivity (Wildman–Crippen MR) is 101 cm³/mol. The second-order valence-corrected chi connectivity index (χ2v) is 6.39. The van der Waals surface area contributed by atoms with Gasteiger partial charge in [-0.15, -0.1) is 0 Å². The van der Waals surface area contributed by atoms with Gasteiger partial charge in [0, 0.05) is 44.4 Å². The van der Waals surface area contributed by atoms with E-state index in [1.807, 2.05) is 0 Å². The van der Waals surface area contributed by atoms with Crippen LogP contribution in [0.25, 0.3) is 0 Å². The molecule has 0 atom stereocenters. The van der Waals surface area contributed by atoms with Crippen LogP contribution in [-0.2, 0) is 11.2 Å². The summed E-state index contributed by atoms with van der Waals surface area (Å²) in [5.41, 5.74) is 0.404. The molecule has 1 aromatic carbocycles. The van der Waals surface area contributed by atoms with Crippen LogP contribution in [0.1, 0.15) is 48.0 Å². The molecule has 0 radical (unpaired) electrons. The van der Waals surface area contributed by atoms with Gasteiger partial charge in [-0.05, 0) is 25.3 Å². The number of carbonyl (C=O) groups excluding carboxylic acids is 1. The smallest absolute Gasteiger partial charge is 0.303 e. The number of hydrogen-bond acceptors (Lipinski definition) is 6. The van der Waals surface area contributed by atoms with Gasteiger partial charge >= 0.3 is 5.97 Å². The van der Waals surface area contributed by atoms with Crippen LogP contribution in [0.15, 0.2) is 24.4 Å². The number of ether oxygens (including phenoxy) is 1. The van der Waals surface area contributed by atoms with Gasteiger partial charge in [0.15, 0.2) is 5.78 Å². The molecular formula is C19H26N2O6. The number of rotatable bonds is 12. The normalized spacial score (nSPS) is 10.8. The number of carboxylic acid groups (broad SMARTS) is 1. The third-order valence-corrected chi connectivity index (χ3v) is 3.97. The number of carboxylic acids is 1. The number of hydrogen-bond donors (Lipinski definition) is 1. The lowest BCUT2D eigenvalue weighted by Gasteiger charge is -2.11. The van der Waals surface area contributed by atoms with E-state index >= 15 is 0 Å². The van der Waals surface area contributed by atoms with Crippen LogP contribution >= 0.6 is 0 Å². The average molecular weight is 378 g/mol. The lowest BCUT2D eigenvalue weighted by Crippen LogP contribution is -2.07. The predicted octanol–water partition coefficient (Wildman–Crippen LogP) is 3.44. The molecule has 0 aromatic heterocycles. The van der Waals surface area contributed by atoms with Gasteiger partial charge in [0.05, 0.1) is 12.0 Å². The zero-order valence-electron chi connectivity index (χ0n) is 15.9. The molecule has 0 saturated carbocycles. The fourth-order valence-electron chi connectivity index (χ4n) is 2.60. The maximum absolute atomic E-state index is 12.3. The van der Waals surface area contributed by atoms with Crippen LogP contribution in [0.4, 0.5) is 5.69 Å².